The molecule has 0 amide bonds. The van der Waals surface area contributed by atoms with Crippen molar-refractivity contribution < 1.29 is 18.5 Å². The largest absolute Gasteiger partial charge is 0.490 e. The van der Waals surface area contributed by atoms with Crippen molar-refractivity contribution in [1.29, 1.82) is 0 Å². The minimum Gasteiger partial charge on any atom is -0.423 e. The first-order valence-corrected chi connectivity index (χ1v) is 5.00. The number of nitrogens with zero attached hydrogens (tertiary/aromatic N) is 1. The van der Waals surface area contributed by atoms with E-state index in [4.69, 9.17) is 10.0 Å². The van der Waals surface area contributed by atoms with Gasteiger partial charge < -0.3 is 10.0 Å². The standard InChI is InChI=1S/C5H8BNO4S/c1-12(10,11)7-3-2-5(4-7)6(8)9/h2-4,8-9H,1H3. The Bertz CT molecular complexity index is 369. The van der Waals surface area contributed by atoms with E-state index < -0.39 is 17.1 Å². The van der Waals surface area contributed by atoms with Crippen molar-refractivity contribution >= 4 is 22.6 Å². The molecule has 0 saturated heterocycles. The van der Waals surface area contributed by atoms with E-state index in [0.29, 0.717) is 0 Å². The molecule has 66 valence electrons. The van der Waals surface area contributed by atoms with E-state index >= 15 is 0 Å². The van der Waals surface area contributed by atoms with Crippen molar-refractivity contribution in [2.24, 2.45) is 0 Å². The number of aromatic nitrogens is 1. The molecule has 7 heteroatoms. The van der Waals surface area contributed by atoms with E-state index in [2.05, 4.69) is 0 Å². The summed E-state index contributed by atoms with van der Waals surface area (Å²) in [7, 11) is -4.95. The van der Waals surface area contributed by atoms with Gasteiger partial charge in [0, 0.05) is 17.9 Å². The third-order valence-corrected chi connectivity index (χ3v) is 2.36. The Morgan fingerprint density at radius 1 is 1.50 bits per heavy atom. The van der Waals surface area contributed by atoms with Gasteiger partial charge in [-0.25, -0.2) is 8.42 Å². The second-order valence-electron chi connectivity index (χ2n) is 2.41. The molecule has 1 aromatic rings. The Morgan fingerprint density at radius 3 is 2.33 bits per heavy atom. The lowest BCUT2D eigenvalue weighted by atomic mass is 9.83. The van der Waals surface area contributed by atoms with Crippen LogP contribution >= 0.6 is 0 Å². The Balaban J connectivity index is 3.09. The first kappa shape index (κ1) is 9.30. The van der Waals surface area contributed by atoms with Crippen LogP contribution in [0.5, 0.6) is 0 Å². The molecule has 1 heterocycles. The molecule has 0 aromatic carbocycles. The van der Waals surface area contributed by atoms with Gasteiger partial charge in [-0.2, -0.15) is 0 Å². The highest BCUT2D eigenvalue weighted by Gasteiger charge is 2.14. The van der Waals surface area contributed by atoms with Gasteiger partial charge in [-0.1, -0.05) is 0 Å². The monoisotopic (exact) mass is 189 g/mol. The van der Waals surface area contributed by atoms with Crippen LogP contribution in [0.3, 0.4) is 0 Å². The lowest BCUT2D eigenvalue weighted by molar-refractivity contribution is 0.426. The predicted octanol–water partition coefficient (Wildman–Crippen LogP) is -2.02. The molecule has 0 aliphatic carbocycles. The summed E-state index contributed by atoms with van der Waals surface area (Å²) < 4.78 is 22.7. The highest BCUT2D eigenvalue weighted by atomic mass is 32.2. The molecule has 1 rings (SSSR count). The lowest BCUT2D eigenvalue weighted by Gasteiger charge is -1.96. The van der Waals surface area contributed by atoms with Crippen molar-refractivity contribution in [1.82, 2.24) is 3.97 Å². The average Bonchev–Trinajstić information content (AvgIpc) is 2.30. The Hall–Kier alpha value is -0.785. The molecule has 0 fully saturated rings. The summed E-state index contributed by atoms with van der Waals surface area (Å²) in [6, 6.07) is 1.33. The van der Waals surface area contributed by atoms with Gasteiger partial charge in [0.1, 0.15) is 0 Å². The Labute approximate surface area is 70.5 Å². The smallest absolute Gasteiger partial charge is 0.423 e. The molecule has 0 radical (unpaired) electrons. The van der Waals surface area contributed by atoms with E-state index in [1.165, 1.54) is 12.3 Å². The molecule has 0 saturated carbocycles. The third-order valence-electron chi connectivity index (χ3n) is 1.37. The van der Waals surface area contributed by atoms with Crippen LogP contribution in [0.4, 0.5) is 0 Å². The lowest BCUT2D eigenvalue weighted by Crippen LogP contribution is -2.28. The van der Waals surface area contributed by atoms with Crippen LogP contribution in [0.25, 0.3) is 0 Å². The summed E-state index contributed by atoms with van der Waals surface area (Å²) in [4.78, 5) is 0. The van der Waals surface area contributed by atoms with Crippen molar-refractivity contribution in [3.05, 3.63) is 18.5 Å². The van der Waals surface area contributed by atoms with E-state index in [1.807, 2.05) is 0 Å². The fraction of sp³-hybridized carbons (Fsp3) is 0.200. The van der Waals surface area contributed by atoms with Crippen molar-refractivity contribution in [3.63, 3.8) is 0 Å². The maximum Gasteiger partial charge on any atom is 0.490 e. The van der Waals surface area contributed by atoms with E-state index in [-0.39, 0.29) is 5.46 Å². The second-order valence-corrected chi connectivity index (χ2v) is 4.30. The first-order chi connectivity index (χ1) is 5.41. The number of hydrogen-bond donors (Lipinski definition) is 2. The topological polar surface area (TPSA) is 79.5 Å². The molecule has 12 heavy (non-hydrogen) atoms. The van der Waals surface area contributed by atoms with Gasteiger partial charge in [-0.15, -0.1) is 0 Å². The van der Waals surface area contributed by atoms with Crippen LogP contribution in [0, 0.1) is 0 Å². The minimum atomic E-state index is -3.32. The molecule has 0 aliphatic heterocycles. The summed E-state index contributed by atoms with van der Waals surface area (Å²) >= 11 is 0. The molecule has 1 aromatic heterocycles. The van der Waals surface area contributed by atoms with Crippen LogP contribution in [0.2, 0.25) is 0 Å². The fourth-order valence-corrected chi connectivity index (χ4v) is 1.35. The fourth-order valence-electron chi connectivity index (χ4n) is 0.752. The Kier molecular flexibility index (Phi) is 2.27. The molecule has 0 spiro atoms. The van der Waals surface area contributed by atoms with Gasteiger partial charge in [0.2, 0.25) is 10.0 Å². The number of rotatable bonds is 2. The predicted molar refractivity (Wildman–Crippen MR) is 44.5 cm³/mol. The van der Waals surface area contributed by atoms with Gasteiger partial charge in [-0.05, 0) is 6.07 Å². The first-order valence-electron chi connectivity index (χ1n) is 3.16. The van der Waals surface area contributed by atoms with Crippen LogP contribution < -0.4 is 5.46 Å². The van der Waals surface area contributed by atoms with Crippen molar-refractivity contribution in [3.8, 4) is 0 Å². The zero-order valence-corrected chi connectivity index (χ0v) is 7.19. The normalized spacial score (nSPS) is 11.6. The molecule has 5 nitrogen and oxygen atoms in total. The van der Waals surface area contributed by atoms with E-state index in [1.54, 1.807) is 0 Å². The maximum absolute atomic E-state index is 10.9. The molecule has 0 unspecified atom stereocenters. The van der Waals surface area contributed by atoms with Gasteiger partial charge >= 0.3 is 7.12 Å². The quantitative estimate of drug-likeness (QED) is 0.526. The Morgan fingerprint density at radius 2 is 2.08 bits per heavy atom. The maximum atomic E-state index is 10.9. The molecular formula is C5H8BNO4S. The molecule has 0 aliphatic rings. The third kappa shape index (κ3) is 1.87. The van der Waals surface area contributed by atoms with Crippen LogP contribution in [-0.4, -0.2) is 35.8 Å². The van der Waals surface area contributed by atoms with Crippen molar-refractivity contribution in [2.75, 3.05) is 6.26 Å². The number of hydrogen-bond acceptors (Lipinski definition) is 4. The highest BCUT2D eigenvalue weighted by molar-refractivity contribution is 7.89. The molecular weight excluding hydrogens is 181 g/mol. The van der Waals surface area contributed by atoms with E-state index in [9.17, 15) is 8.42 Å². The zero-order valence-electron chi connectivity index (χ0n) is 6.38. The van der Waals surface area contributed by atoms with E-state index in [0.717, 1.165) is 16.4 Å². The minimum absolute atomic E-state index is 0.153. The summed E-state index contributed by atoms with van der Waals surface area (Å²) in [6.45, 7) is 0. The summed E-state index contributed by atoms with van der Waals surface area (Å²) in [5.74, 6) is 0. The molecule has 2 N–H and O–H groups in total. The molecule has 0 atom stereocenters. The summed E-state index contributed by atoms with van der Waals surface area (Å²) in [5, 5.41) is 17.3. The SMILES string of the molecule is CS(=O)(=O)n1ccc(B(O)O)c1. The van der Waals surface area contributed by atoms with Crippen LogP contribution in [0.15, 0.2) is 18.5 Å². The highest BCUT2D eigenvalue weighted by Crippen LogP contribution is 1.93. The molecule has 0 bridgehead atoms. The van der Waals surface area contributed by atoms with Gasteiger partial charge in [0.25, 0.3) is 0 Å². The average molecular weight is 189 g/mol. The second kappa shape index (κ2) is 2.93. The van der Waals surface area contributed by atoms with Gasteiger partial charge in [-0.3, -0.25) is 3.97 Å². The van der Waals surface area contributed by atoms with Gasteiger partial charge in [0.15, 0.2) is 0 Å². The summed E-state index contributed by atoms with van der Waals surface area (Å²) in [6.07, 6.45) is 3.44. The zero-order chi connectivity index (χ0) is 9.35. The van der Waals surface area contributed by atoms with Crippen LogP contribution in [-0.2, 0) is 10.0 Å². The van der Waals surface area contributed by atoms with Crippen LogP contribution in [0.1, 0.15) is 0 Å². The van der Waals surface area contributed by atoms with Crippen molar-refractivity contribution in [2.45, 2.75) is 0 Å². The summed E-state index contributed by atoms with van der Waals surface area (Å²) in [5.41, 5.74) is 0.153. The van der Waals surface area contributed by atoms with Gasteiger partial charge in [0.05, 0.1) is 6.26 Å².